The van der Waals surface area contributed by atoms with Gasteiger partial charge in [-0.1, -0.05) is 36.8 Å². The molecule has 2 aliphatic heterocycles. The Bertz CT molecular complexity index is 993. The molecule has 35 heavy (non-hydrogen) atoms. The molecule has 1 aromatic heterocycles. The molecule has 0 unspecified atom stereocenters. The first kappa shape index (κ1) is 23.9. The van der Waals surface area contributed by atoms with Gasteiger partial charge < -0.3 is 9.80 Å². The van der Waals surface area contributed by atoms with E-state index in [-0.39, 0.29) is 11.8 Å². The minimum atomic E-state index is 0.0390. The van der Waals surface area contributed by atoms with Crippen LogP contribution in [0.4, 0.5) is 0 Å². The molecule has 0 spiro atoms. The van der Waals surface area contributed by atoms with Gasteiger partial charge in [-0.25, -0.2) is 0 Å². The summed E-state index contributed by atoms with van der Waals surface area (Å²) in [5.41, 5.74) is 3.03. The van der Waals surface area contributed by atoms with Crippen molar-refractivity contribution in [3.8, 4) is 0 Å². The van der Waals surface area contributed by atoms with E-state index < -0.39 is 0 Å². The molecule has 0 bridgehead atoms. The molecule has 0 N–H and O–H groups in total. The van der Waals surface area contributed by atoms with Crippen LogP contribution in [0, 0.1) is 0 Å². The van der Waals surface area contributed by atoms with Gasteiger partial charge in [0, 0.05) is 70.8 Å². The summed E-state index contributed by atoms with van der Waals surface area (Å²) in [6.45, 7) is 6.95. The molecule has 2 aromatic rings. The molecule has 5 rings (SSSR count). The van der Waals surface area contributed by atoms with E-state index in [0.29, 0.717) is 25.2 Å². The molecule has 186 valence electrons. The maximum absolute atomic E-state index is 13.1. The standard InChI is InChI=1S/C28H37N5O2/c34-27(32-17-15-31(16-18-32)26-7-4-8-26)22-30-11-13-33(14-12-30)28(35)25-19-24(20-29-21-25)10-9-23-5-2-1-3-6-23/h1-3,5-6,19-21,26H,4,7-18,22H2. The van der Waals surface area contributed by atoms with Gasteiger partial charge in [-0.3, -0.25) is 24.4 Å². The maximum Gasteiger partial charge on any atom is 0.255 e. The normalized spacial score (nSPS) is 20.0. The average molecular weight is 476 g/mol. The second-order valence-electron chi connectivity index (χ2n) is 10.1. The van der Waals surface area contributed by atoms with Crippen LogP contribution in [0.2, 0.25) is 0 Å². The second-order valence-corrected chi connectivity index (χ2v) is 10.1. The zero-order valence-electron chi connectivity index (χ0n) is 20.6. The molecule has 1 aliphatic carbocycles. The number of carbonyl (C=O) groups excluding carboxylic acids is 2. The van der Waals surface area contributed by atoms with E-state index in [0.717, 1.165) is 63.7 Å². The fourth-order valence-electron chi connectivity index (χ4n) is 5.35. The van der Waals surface area contributed by atoms with Gasteiger partial charge in [0.05, 0.1) is 12.1 Å². The van der Waals surface area contributed by atoms with Gasteiger partial charge >= 0.3 is 0 Å². The molecule has 3 fully saturated rings. The van der Waals surface area contributed by atoms with Crippen molar-refractivity contribution in [2.24, 2.45) is 0 Å². The highest BCUT2D eigenvalue weighted by molar-refractivity contribution is 5.94. The van der Waals surface area contributed by atoms with Crippen LogP contribution in [0.1, 0.15) is 40.7 Å². The Hall–Kier alpha value is -2.77. The lowest BCUT2D eigenvalue weighted by molar-refractivity contribution is -0.135. The number of amides is 2. The summed E-state index contributed by atoms with van der Waals surface area (Å²) in [5, 5.41) is 0. The molecule has 7 heteroatoms. The summed E-state index contributed by atoms with van der Waals surface area (Å²) in [6, 6.07) is 13.1. The van der Waals surface area contributed by atoms with E-state index in [2.05, 4.69) is 39.0 Å². The number of nitrogens with zero attached hydrogens (tertiary/aromatic N) is 5. The van der Waals surface area contributed by atoms with E-state index in [1.54, 1.807) is 6.20 Å². The number of aromatic nitrogens is 1. The summed E-state index contributed by atoms with van der Waals surface area (Å²) < 4.78 is 0. The third-order valence-corrected chi connectivity index (χ3v) is 7.86. The predicted molar refractivity (Wildman–Crippen MR) is 136 cm³/mol. The van der Waals surface area contributed by atoms with Crippen LogP contribution in [-0.4, -0.2) is 101 Å². The number of pyridine rings is 1. The van der Waals surface area contributed by atoms with Gasteiger partial charge in [-0.2, -0.15) is 0 Å². The highest BCUT2D eigenvalue weighted by atomic mass is 16.2. The lowest BCUT2D eigenvalue weighted by Crippen LogP contribution is -2.56. The minimum Gasteiger partial charge on any atom is -0.339 e. The van der Waals surface area contributed by atoms with Crippen LogP contribution in [0.5, 0.6) is 0 Å². The van der Waals surface area contributed by atoms with Gasteiger partial charge in [0.25, 0.3) is 5.91 Å². The van der Waals surface area contributed by atoms with E-state index >= 15 is 0 Å². The predicted octanol–water partition coefficient (Wildman–Crippen LogP) is 2.32. The molecule has 1 saturated carbocycles. The third-order valence-electron chi connectivity index (χ3n) is 7.86. The Kier molecular flexibility index (Phi) is 7.74. The molecular weight excluding hydrogens is 438 g/mol. The zero-order chi connectivity index (χ0) is 24.0. The first-order valence-corrected chi connectivity index (χ1v) is 13.2. The van der Waals surface area contributed by atoms with E-state index in [4.69, 9.17) is 0 Å². The molecule has 2 saturated heterocycles. The number of hydrogen-bond donors (Lipinski definition) is 0. The number of hydrogen-bond acceptors (Lipinski definition) is 5. The molecule has 3 aliphatic rings. The quantitative estimate of drug-likeness (QED) is 0.615. The van der Waals surface area contributed by atoms with Crippen molar-refractivity contribution < 1.29 is 9.59 Å². The van der Waals surface area contributed by atoms with E-state index in [9.17, 15) is 9.59 Å². The van der Waals surface area contributed by atoms with Crippen LogP contribution >= 0.6 is 0 Å². The third kappa shape index (κ3) is 6.08. The molecule has 0 atom stereocenters. The molecule has 2 amide bonds. The highest BCUT2D eigenvalue weighted by Gasteiger charge is 2.30. The Morgan fingerprint density at radius 2 is 1.49 bits per heavy atom. The summed E-state index contributed by atoms with van der Waals surface area (Å²) in [6.07, 6.45) is 9.33. The van der Waals surface area contributed by atoms with Crippen molar-refractivity contribution in [2.45, 2.75) is 38.1 Å². The lowest BCUT2D eigenvalue weighted by atomic mass is 9.91. The smallest absolute Gasteiger partial charge is 0.255 e. The average Bonchev–Trinajstić information content (AvgIpc) is 2.88. The van der Waals surface area contributed by atoms with Gasteiger partial charge in [-0.15, -0.1) is 0 Å². The fourth-order valence-corrected chi connectivity index (χ4v) is 5.35. The Morgan fingerprint density at radius 1 is 0.800 bits per heavy atom. The van der Waals surface area contributed by atoms with Crippen molar-refractivity contribution in [1.29, 1.82) is 0 Å². The molecule has 0 radical (unpaired) electrons. The van der Waals surface area contributed by atoms with Crippen LogP contribution in [0.15, 0.2) is 48.8 Å². The molecule has 1 aromatic carbocycles. The fraction of sp³-hybridized carbons (Fsp3) is 0.536. The number of rotatable bonds is 7. The topological polar surface area (TPSA) is 60.0 Å². The van der Waals surface area contributed by atoms with E-state index in [1.165, 1.54) is 24.8 Å². The summed E-state index contributed by atoms with van der Waals surface area (Å²) in [5.74, 6) is 0.269. The number of benzene rings is 1. The Balaban J connectivity index is 1.06. The number of carbonyl (C=O) groups is 2. The Morgan fingerprint density at radius 3 is 2.17 bits per heavy atom. The van der Waals surface area contributed by atoms with Crippen molar-refractivity contribution in [2.75, 3.05) is 58.9 Å². The first-order valence-electron chi connectivity index (χ1n) is 13.2. The maximum atomic E-state index is 13.1. The SMILES string of the molecule is O=C(CN1CCN(C(=O)c2cncc(CCc3ccccc3)c2)CC1)N1CCN(C2CCC2)CC1. The number of aryl methyl sites for hydroxylation is 2. The molecule has 3 heterocycles. The number of piperazine rings is 2. The second kappa shape index (κ2) is 11.3. The van der Waals surface area contributed by atoms with Crippen molar-refractivity contribution >= 4 is 11.8 Å². The van der Waals surface area contributed by atoms with Crippen LogP contribution in [0.3, 0.4) is 0 Å². The van der Waals surface area contributed by atoms with Crippen LogP contribution < -0.4 is 0 Å². The Labute approximate surface area is 208 Å². The van der Waals surface area contributed by atoms with Gasteiger partial charge in [-0.05, 0) is 42.9 Å². The first-order chi connectivity index (χ1) is 17.2. The summed E-state index contributed by atoms with van der Waals surface area (Å²) in [7, 11) is 0. The molecular formula is C28H37N5O2. The largest absolute Gasteiger partial charge is 0.339 e. The van der Waals surface area contributed by atoms with Crippen LogP contribution in [0.25, 0.3) is 0 Å². The monoisotopic (exact) mass is 475 g/mol. The van der Waals surface area contributed by atoms with Crippen molar-refractivity contribution in [3.63, 3.8) is 0 Å². The summed E-state index contributed by atoms with van der Waals surface area (Å²) >= 11 is 0. The van der Waals surface area contributed by atoms with Gasteiger partial charge in [0.15, 0.2) is 0 Å². The van der Waals surface area contributed by atoms with Gasteiger partial charge in [0.1, 0.15) is 0 Å². The van der Waals surface area contributed by atoms with Crippen LogP contribution in [-0.2, 0) is 17.6 Å². The van der Waals surface area contributed by atoms with Gasteiger partial charge in [0.2, 0.25) is 5.91 Å². The highest BCUT2D eigenvalue weighted by Crippen LogP contribution is 2.25. The zero-order valence-corrected chi connectivity index (χ0v) is 20.6. The lowest BCUT2D eigenvalue weighted by Gasteiger charge is -2.43. The minimum absolute atomic E-state index is 0.0390. The van der Waals surface area contributed by atoms with Crippen molar-refractivity contribution in [3.05, 3.63) is 65.5 Å². The van der Waals surface area contributed by atoms with Crippen molar-refractivity contribution in [1.82, 2.24) is 24.6 Å². The molecule has 7 nitrogen and oxygen atoms in total. The summed E-state index contributed by atoms with van der Waals surface area (Å²) in [4.78, 5) is 39.0. The van der Waals surface area contributed by atoms with E-state index in [1.807, 2.05) is 28.1 Å².